The minimum Gasteiger partial charge on any atom is -0.475 e. The number of carbonyl (C=O) groups is 1. The fourth-order valence-electron chi connectivity index (χ4n) is 1.70. The molecule has 1 aromatic heterocycles. The van der Waals surface area contributed by atoms with Gasteiger partial charge in [0, 0.05) is 6.04 Å². The Morgan fingerprint density at radius 1 is 1.50 bits per heavy atom. The molecule has 0 aromatic carbocycles. The summed E-state index contributed by atoms with van der Waals surface area (Å²) >= 11 is 1.93. The van der Waals surface area contributed by atoms with E-state index in [0.29, 0.717) is 11.8 Å². The highest BCUT2D eigenvalue weighted by Gasteiger charge is 2.15. The number of aromatic carboxylic acids is 1. The van der Waals surface area contributed by atoms with Crippen molar-refractivity contribution >= 4 is 17.7 Å². The Balaban J connectivity index is 2.43. The first-order valence-corrected chi connectivity index (χ1v) is 7.36. The van der Waals surface area contributed by atoms with Crippen LogP contribution in [0.15, 0.2) is 16.5 Å². The number of hydrogen-bond donors (Lipinski definition) is 2. The van der Waals surface area contributed by atoms with Gasteiger partial charge in [0.1, 0.15) is 5.76 Å². The average Bonchev–Trinajstić information content (AvgIpc) is 2.78. The molecule has 0 spiro atoms. The van der Waals surface area contributed by atoms with E-state index in [1.165, 1.54) is 6.07 Å². The van der Waals surface area contributed by atoms with Crippen LogP contribution in [0.3, 0.4) is 0 Å². The molecular weight excluding hydrogens is 250 g/mol. The van der Waals surface area contributed by atoms with E-state index < -0.39 is 5.97 Å². The standard InChI is InChI=1S/C13H21NO3S/c1-4-18-8-7-9(2)14-10(3)11-5-6-12(17-11)13(15)16/h5-6,9-10,14H,4,7-8H2,1-3H3,(H,15,16). The summed E-state index contributed by atoms with van der Waals surface area (Å²) in [5.41, 5.74) is 0. The number of rotatable bonds is 8. The van der Waals surface area contributed by atoms with Gasteiger partial charge < -0.3 is 14.8 Å². The normalized spacial score (nSPS) is 14.4. The van der Waals surface area contributed by atoms with Crippen LogP contribution in [0.5, 0.6) is 0 Å². The van der Waals surface area contributed by atoms with E-state index in [1.54, 1.807) is 6.07 Å². The maximum atomic E-state index is 10.7. The van der Waals surface area contributed by atoms with Crippen molar-refractivity contribution in [3.63, 3.8) is 0 Å². The highest BCUT2D eigenvalue weighted by molar-refractivity contribution is 7.99. The molecule has 0 saturated heterocycles. The lowest BCUT2D eigenvalue weighted by molar-refractivity contribution is 0.0659. The minimum absolute atomic E-state index is 0.00663. The van der Waals surface area contributed by atoms with Gasteiger partial charge in [-0.25, -0.2) is 4.79 Å². The van der Waals surface area contributed by atoms with Crippen molar-refractivity contribution in [2.45, 2.75) is 39.3 Å². The number of thioether (sulfide) groups is 1. The first-order valence-electron chi connectivity index (χ1n) is 6.21. The highest BCUT2D eigenvalue weighted by Crippen LogP contribution is 2.17. The third-order valence-electron chi connectivity index (χ3n) is 2.70. The second kappa shape index (κ2) is 7.48. The van der Waals surface area contributed by atoms with E-state index in [-0.39, 0.29) is 11.8 Å². The fourth-order valence-corrected chi connectivity index (χ4v) is 2.51. The third kappa shape index (κ3) is 4.74. The van der Waals surface area contributed by atoms with Crippen molar-refractivity contribution in [3.05, 3.63) is 23.7 Å². The summed E-state index contributed by atoms with van der Waals surface area (Å²) in [4.78, 5) is 10.7. The van der Waals surface area contributed by atoms with Gasteiger partial charge in [0.2, 0.25) is 5.76 Å². The Morgan fingerprint density at radius 2 is 2.22 bits per heavy atom. The van der Waals surface area contributed by atoms with Crippen molar-refractivity contribution in [3.8, 4) is 0 Å². The summed E-state index contributed by atoms with van der Waals surface area (Å²) in [6, 6.07) is 3.62. The molecule has 0 aliphatic rings. The van der Waals surface area contributed by atoms with Crippen LogP contribution in [-0.4, -0.2) is 28.6 Å². The first kappa shape index (κ1) is 15.1. The van der Waals surface area contributed by atoms with Crippen molar-refractivity contribution in [1.29, 1.82) is 0 Å². The Hall–Kier alpha value is -0.940. The molecule has 0 bridgehead atoms. The number of carboxylic acid groups (broad SMARTS) is 1. The van der Waals surface area contributed by atoms with Gasteiger partial charge in [-0.15, -0.1) is 0 Å². The van der Waals surface area contributed by atoms with Crippen molar-refractivity contribution in [1.82, 2.24) is 5.32 Å². The van der Waals surface area contributed by atoms with Gasteiger partial charge in [-0.1, -0.05) is 6.92 Å². The van der Waals surface area contributed by atoms with Gasteiger partial charge in [0.25, 0.3) is 0 Å². The molecule has 0 saturated carbocycles. The van der Waals surface area contributed by atoms with Gasteiger partial charge >= 0.3 is 5.97 Å². The molecule has 0 aliphatic heterocycles. The van der Waals surface area contributed by atoms with Gasteiger partial charge in [0.05, 0.1) is 6.04 Å². The van der Waals surface area contributed by atoms with Crippen LogP contribution < -0.4 is 5.32 Å². The summed E-state index contributed by atoms with van der Waals surface area (Å²) in [7, 11) is 0. The fraction of sp³-hybridized carbons (Fsp3) is 0.615. The van der Waals surface area contributed by atoms with Crippen LogP contribution >= 0.6 is 11.8 Å². The van der Waals surface area contributed by atoms with Gasteiger partial charge in [0.15, 0.2) is 0 Å². The maximum Gasteiger partial charge on any atom is 0.371 e. The second-order valence-electron chi connectivity index (χ2n) is 4.28. The van der Waals surface area contributed by atoms with Gasteiger partial charge in [-0.3, -0.25) is 0 Å². The van der Waals surface area contributed by atoms with Crippen LogP contribution in [0, 0.1) is 0 Å². The smallest absolute Gasteiger partial charge is 0.371 e. The van der Waals surface area contributed by atoms with Crippen LogP contribution in [-0.2, 0) is 0 Å². The summed E-state index contributed by atoms with van der Waals surface area (Å²) in [5, 5.41) is 12.2. The molecular formula is C13H21NO3S. The molecule has 5 heteroatoms. The minimum atomic E-state index is -1.03. The molecule has 0 radical (unpaired) electrons. The van der Waals surface area contributed by atoms with E-state index in [4.69, 9.17) is 9.52 Å². The molecule has 0 aliphatic carbocycles. The topological polar surface area (TPSA) is 62.5 Å². The highest BCUT2D eigenvalue weighted by atomic mass is 32.2. The van der Waals surface area contributed by atoms with Gasteiger partial charge in [-0.05, 0) is 43.9 Å². The third-order valence-corrected chi connectivity index (χ3v) is 3.63. The summed E-state index contributed by atoms with van der Waals surface area (Å²) < 4.78 is 5.27. The van der Waals surface area contributed by atoms with E-state index in [1.807, 2.05) is 18.7 Å². The van der Waals surface area contributed by atoms with E-state index >= 15 is 0 Å². The summed E-state index contributed by atoms with van der Waals surface area (Å²) in [5.74, 6) is 1.91. The molecule has 4 nitrogen and oxygen atoms in total. The lowest BCUT2D eigenvalue weighted by Crippen LogP contribution is -2.29. The molecule has 18 heavy (non-hydrogen) atoms. The predicted molar refractivity (Wildman–Crippen MR) is 74.3 cm³/mol. The molecule has 0 amide bonds. The monoisotopic (exact) mass is 271 g/mol. The van der Waals surface area contributed by atoms with Crippen molar-refractivity contribution in [2.24, 2.45) is 0 Å². The first-order chi connectivity index (χ1) is 8.54. The number of carboxylic acids is 1. The summed E-state index contributed by atoms with van der Waals surface area (Å²) in [6.45, 7) is 6.27. The molecule has 2 unspecified atom stereocenters. The largest absolute Gasteiger partial charge is 0.475 e. The van der Waals surface area contributed by atoms with Crippen molar-refractivity contribution in [2.75, 3.05) is 11.5 Å². The van der Waals surface area contributed by atoms with E-state index in [9.17, 15) is 4.79 Å². The number of furan rings is 1. The Bertz CT molecular complexity index is 378. The van der Waals surface area contributed by atoms with Crippen LogP contribution in [0.4, 0.5) is 0 Å². The van der Waals surface area contributed by atoms with E-state index in [2.05, 4.69) is 19.2 Å². The Kier molecular flexibility index (Phi) is 6.29. The predicted octanol–water partition coefficient (Wildman–Crippen LogP) is 3.16. The molecule has 1 aromatic rings. The van der Waals surface area contributed by atoms with Crippen LogP contribution in [0.25, 0.3) is 0 Å². The zero-order chi connectivity index (χ0) is 13.5. The average molecular weight is 271 g/mol. The zero-order valence-electron chi connectivity index (χ0n) is 11.1. The Morgan fingerprint density at radius 3 is 2.78 bits per heavy atom. The zero-order valence-corrected chi connectivity index (χ0v) is 11.9. The molecule has 1 rings (SSSR count). The second-order valence-corrected chi connectivity index (χ2v) is 5.68. The quantitative estimate of drug-likeness (QED) is 0.711. The van der Waals surface area contributed by atoms with E-state index in [0.717, 1.165) is 17.9 Å². The number of hydrogen-bond acceptors (Lipinski definition) is 4. The number of nitrogens with one attached hydrogen (secondary N) is 1. The Labute approximate surface area is 112 Å². The van der Waals surface area contributed by atoms with Crippen LogP contribution in [0.2, 0.25) is 0 Å². The van der Waals surface area contributed by atoms with Crippen LogP contribution in [0.1, 0.15) is 49.5 Å². The van der Waals surface area contributed by atoms with Gasteiger partial charge in [-0.2, -0.15) is 11.8 Å². The molecule has 1 heterocycles. The molecule has 102 valence electrons. The lowest BCUT2D eigenvalue weighted by atomic mass is 10.2. The maximum absolute atomic E-state index is 10.7. The summed E-state index contributed by atoms with van der Waals surface area (Å²) in [6.07, 6.45) is 1.09. The van der Waals surface area contributed by atoms with Crippen molar-refractivity contribution < 1.29 is 14.3 Å². The molecule has 0 fully saturated rings. The lowest BCUT2D eigenvalue weighted by Gasteiger charge is -2.18. The SMILES string of the molecule is CCSCCC(C)NC(C)c1ccc(C(=O)O)o1. The molecule has 2 N–H and O–H groups in total. The molecule has 2 atom stereocenters.